The van der Waals surface area contributed by atoms with Gasteiger partial charge in [0.2, 0.25) is 0 Å². The minimum absolute atomic E-state index is 0.283. The third-order valence-corrected chi connectivity index (χ3v) is 3.30. The van der Waals surface area contributed by atoms with Gasteiger partial charge in [-0.25, -0.2) is 0 Å². The first-order valence-corrected chi connectivity index (χ1v) is 7.02. The van der Waals surface area contributed by atoms with Gasteiger partial charge in [-0.3, -0.25) is 4.68 Å². The van der Waals surface area contributed by atoms with Crippen LogP contribution in [0.15, 0.2) is 28.9 Å². The van der Waals surface area contributed by atoms with Gasteiger partial charge in [-0.15, -0.1) is 0 Å². The summed E-state index contributed by atoms with van der Waals surface area (Å²) < 4.78 is 7.70. The zero-order valence-corrected chi connectivity index (χ0v) is 12.0. The Balaban J connectivity index is 1.99. The van der Waals surface area contributed by atoms with Crippen LogP contribution in [0.4, 0.5) is 0 Å². The molecule has 19 heavy (non-hydrogen) atoms. The monoisotopic (exact) mass is 261 g/mol. The van der Waals surface area contributed by atoms with E-state index in [-0.39, 0.29) is 6.04 Å². The highest BCUT2D eigenvalue weighted by Gasteiger charge is 2.14. The number of nitrogens with one attached hydrogen (secondary N) is 1. The summed E-state index contributed by atoms with van der Waals surface area (Å²) in [5.74, 6) is 2.10. The summed E-state index contributed by atoms with van der Waals surface area (Å²) in [6, 6.07) is 4.45. The molecule has 0 aliphatic carbocycles. The van der Waals surface area contributed by atoms with Gasteiger partial charge >= 0.3 is 0 Å². The topological polar surface area (TPSA) is 43.0 Å². The Morgan fingerprint density at radius 1 is 1.37 bits per heavy atom. The van der Waals surface area contributed by atoms with Gasteiger partial charge in [0, 0.05) is 19.7 Å². The molecule has 0 spiro atoms. The van der Waals surface area contributed by atoms with Crippen molar-refractivity contribution in [3.05, 3.63) is 41.6 Å². The van der Waals surface area contributed by atoms with Crippen molar-refractivity contribution < 1.29 is 4.42 Å². The molecule has 4 nitrogen and oxygen atoms in total. The summed E-state index contributed by atoms with van der Waals surface area (Å²) in [4.78, 5) is 0. The molecule has 2 heterocycles. The Kier molecular flexibility index (Phi) is 4.80. The standard InChI is InChI=1S/C15H23N3O/c1-4-13-7-9-15(19-13)14(16-5-2)8-6-12-10-17-18(3)11-12/h7,9-11,14,16H,4-6,8H2,1-3H3. The SMILES string of the molecule is CCNC(CCc1cnn(C)c1)c1ccc(CC)o1. The highest BCUT2D eigenvalue weighted by Crippen LogP contribution is 2.21. The molecule has 4 heteroatoms. The minimum Gasteiger partial charge on any atom is -0.464 e. The molecule has 1 atom stereocenters. The van der Waals surface area contributed by atoms with Gasteiger partial charge in [-0.1, -0.05) is 13.8 Å². The molecule has 0 fully saturated rings. The van der Waals surface area contributed by atoms with Crippen LogP contribution in [0.5, 0.6) is 0 Å². The largest absolute Gasteiger partial charge is 0.464 e. The maximum Gasteiger partial charge on any atom is 0.121 e. The highest BCUT2D eigenvalue weighted by atomic mass is 16.3. The summed E-state index contributed by atoms with van der Waals surface area (Å²) in [5.41, 5.74) is 1.27. The van der Waals surface area contributed by atoms with E-state index in [0.29, 0.717) is 0 Å². The molecule has 1 N–H and O–H groups in total. The lowest BCUT2D eigenvalue weighted by atomic mass is 10.1. The van der Waals surface area contributed by atoms with Crippen LogP contribution in [0.25, 0.3) is 0 Å². The van der Waals surface area contributed by atoms with E-state index in [4.69, 9.17) is 4.42 Å². The summed E-state index contributed by atoms with van der Waals surface area (Å²) in [7, 11) is 1.95. The summed E-state index contributed by atoms with van der Waals surface area (Å²) in [5, 5.41) is 7.70. The molecule has 0 aliphatic rings. The summed E-state index contributed by atoms with van der Waals surface area (Å²) >= 11 is 0. The molecule has 0 amide bonds. The predicted molar refractivity (Wildman–Crippen MR) is 76.0 cm³/mol. The first-order valence-electron chi connectivity index (χ1n) is 7.02. The molecule has 0 saturated carbocycles. The molecule has 0 bridgehead atoms. The van der Waals surface area contributed by atoms with Crippen LogP contribution >= 0.6 is 0 Å². The van der Waals surface area contributed by atoms with Crippen molar-refractivity contribution in [1.82, 2.24) is 15.1 Å². The number of hydrogen-bond donors (Lipinski definition) is 1. The quantitative estimate of drug-likeness (QED) is 0.833. The van der Waals surface area contributed by atoms with Gasteiger partial charge in [-0.2, -0.15) is 5.10 Å². The van der Waals surface area contributed by atoms with Gasteiger partial charge in [-0.05, 0) is 37.1 Å². The Bertz CT molecular complexity index is 501. The molecule has 0 aromatic carbocycles. The molecule has 0 saturated heterocycles. The van der Waals surface area contributed by atoms with Crippen LogP contribution in [0.1, 0.15) is 43.4 Å². The van der Waals surface area contributed by atoms with Crippen molar-refractivity contribution in [3.63, 3.8) is 0 Å². The number of nitrogens with zero attached hydrogens (tertiary/aromatic N) is 2. The average molecular weight is 261 g/mol. The zero-order chi connectivity index (χ0) is 13.7. The van der Waals surface area contributed by atoms with Crippen molar-refractivity contribution in [2.75, 3.05) is 6.54 Å². The summed E-state index contributed by atoms with van der Waals surface area (Å²) in [6.45, 7) is 5.18. The van der Waals surface area contributed by atoms with Crippen LogP contribution < -0.4 is 5.32 Å². The van der Waals surface area contributed by atoms with E-state index in [1.54, 1.807) is 0 Å². The average Bonchev–Trinajstić information content (AvgIpc) is 3.03. The Hall–Kier alpha value is -1.55. The lowest BCUT2D eigenvalue weighted by molar-refractivity contribution is 0.384. The minimum atomic E-state index is 0.283. The van der Waals surface area contributed by atoms with Crippen LogP contribution in [0.2, 0.25) is 0 Å². The fourth-order valence-corrected chi connectivity index (χ4v) is 2.28. The number of rotatable bonds is 7. The van der Waals surface area contributed by atoms with Crippen LogP contribution in [-0.2, 0) is 19.9 Å². The van der Waals surface area contributed by atoms with Crippen LogP contribution in [0, 0.1) is 0 Å². The van der Waals surface area contributed by atoms with Crippen molar-refractivity contribution in [1.29, 1.82) is 0 Å². The molecular weight excluding hydrogens is 238 g/mol. The van der Waals surface area contributed by atoms with E-state index in [1.807, 2.05) is 17.9 Å². The molecule has 2 rings (SSSR count). The third kappa shape index (κ3) is 3.70. The number of hydrogen-bond acceptors (Lipinski definition) is 3. The molecular formula is C15H23N3O. The van der Waals surface area contributed by atoms with E-state index >= 15 is 0 Å². The maximum absolute atomic E-state index is 5.86. The van der Waals surface area contributed by atoms with Gasteiger partial charge in [0.25, 0.3) is 0 Å². The van der Waals surface area contributed by atoms with Crippen LogP contribution in [0.3, 0.4) is 0 Å². The Morgan fingerprint density at radius 3 is 2.79 bits per heavy atom. The van der Waals surface area contributed by atoms with Gasteiger partial charge in [0.15, 0.2) is 0 Å². The predicted octanol–water partition coefficient (Wildman–Crippen LogP) is 2.86. The molecule has 1 unspecified atom stereocenters. The van der Waals surface area contributed by atoms with Crippen LogP contribution in [-0.4, -0.2) is 16.3 Å². The lowest BCUT2D eigenvalue weighted by Crippen LogP contribution is -2.21. The van der Waals surface area contributed by atoms with E-state index in [1.165, 1.54) is 5.56 Å². The summed E-state index contributed by atoms with van der Waals surface area (Å²) in [6.07, 6.45) is 6.98. The second-order valence-corrected chi connectivity index (χ2v) is 4.83. The van der Waals surface area contributed by atoms with E-state index in [2.05, 4.69) is 42.6 Å². The smallest absolute Gasteiger partial charge is 0.121 e. The van der Waals surface area contributed by atoms with Crippen molar-refractivity contribution in [3.8, 4) is 0 Å². The molecule has 104 valence electrons. The second kappa shape index (κ2) is 6.57. The number of aromatic nitrogens is 2. The second-order valence-electron chi connectivity index (χ2n) is 4.83. The van der Waals surface area contributed by atoms with Gasteiger partial charge < -0.3 is 9.73 Å². The molecule has 2 aromatic heterocycles. The molecule has 0 aliphatic heterocycles. The lowest BCUT2D eigenvalue weighted by Gasteiger charge is -2.15. The van der Waals surface area contributed by atoms with E-state index in [0.717, 1.165) is 37.3 Å². The number of aryl methyl sites for hydroxylation is 3. The normalized spacial score (nSPS) is 12.8. The fraction of sp³-hybridized carbons (Fsp3) is 0.533. The Labute approximate surface area is 114 Å². The van der Waals surface area contributed by atoms with E-state index in [9.17, 15) is 0 Å². The maximum atomic E-state index is 5.86. The molecule has 0 radical (unpaired) electrons. The van der Waals surface area contributed by atoms with E-state index < -0.39 is 0 Å². The van der Waals surface area contributed by atoms with Crippen molar-refractivity contribution >= 4 is 0 Å². The third-order valence-electron chi connectivity index (χ3n) is 3.30. The first kappa shape index (κ1) is 13.9. The van der Waals surface area contributed by atoms with Gasteiger partial charge in [0.05, 0.1) is 12.2 Å². The number of furan rings is 1. The first-order chi connectivity index (χ1) is 9.22. The molecule has 2 aromatic rings. The van der Waals surface area contributed by atoms with Gasteiger partial charge in [0.1, 0.15) is 11.5 Å². The Morgan fingerprint density at radius 2 is 2.21 bits per heavy atom. The van der Waals surface area contributed by atoms with Crippen molar-refractivity contribution in [2.45, 2.75) is 39.2 Å². The fourth-order valence-electron chi connectivity index (χ4n) is 2.28. The zero-order valence-electron chi connectivity index (χ0n) is 12.0. The van der Waals surface area contributed by atoms with Crippen molar-refractivity contribution in [2.24, 2.45) is 7.05 Å². The highest BCUT2D eigenvalue weighted by molar-refractivity contribution is 5.12.